The molecule has 5 heteroatoms. The Hall–Kier alpha value is -1.43. The van der Waals surface area contributed by atoms with Crippen molar-refractivity contribution < 1.29 is 9.53 Å². The molecule has 2 bridgehead atoms. The Morgan fingerprint density at radius 3 is 2.63 bits per heavy atom. The summed E-state index contributed by atoms with van der Waals surface area (Å²) in [6.45, 7) is 4.42. The first-order valence-corrected chi connectivity index (χ1v) is 11.2. The van der Waals surface area contributed by atoms with Crippen molar-refractivity contribution in [3.63, 3.8) is 0 Å². The van der Waals surface area contributed by atoms with Crippen LogP contribution in [0.5, 0.6) is 0 Å². The van der Waals surface area contributed by atoms with Gasteiger partial charge in [0, 0.05) is 10.00 Å². The Balaban J connectivity index is 1.48. The molecular formula is C22H21NO2S2. The second-order valence-corrected chi connectivity index (χ2v) is 11.8. The molecule has 4 aliphatic heterocycles. The number of rotatable bonds is 1. The maximum absolute atomic E-state index is 13.8. The highest BCUT2D eigenvalue weighted by Gasteiger charge is 2.71. The molecule has 0 N–H and O–H groups in total. The molecule has 0 radical (unpaired) electrons. The molecule has 4 saturated heterocycles. The average molecular weight is 396 g/mol. The number of amides is 1. The van der Waals surface area contributed by atoms with Crippen LogP contribution in [0, 0.1) is 5.92 Å². The van der Waals surface area contributed by atoms with E-state index in [9.17, 15) is 4.79 Å². The lowest BCUT2D eigenvalue weighted by molar-refractivity contribution is -0.192. The van der Waals surface area contributed by atoms with Gasteiger partial charge in [-0.15, -0.1) is 0 Å². The first kappa shape index (κ1) is 16.5. The van der Waals surface area contributed by atoms with Crippen molar-refractivity contribution in [1.29, 1.82) is 0 Å². The molecule has 1 aliphatic carbocycles. The summed E-state index contributed by atoms with van der Waals surface area (Å²) in [6, 6.07) is 19.0. The highest BCUT2D eigenvalue weighted by atomic mass is 32.2. The lowest BCUT2D eigenvalue weighted by atomic mass is 9.82. The van der Waals surface area contributed by atoms with Crippen LogP contribution in [-0.2, 0) is 16.0 Å². The van der Waals surface area contributed by atoms with E-state index in [2.05, 4.69) is 55.1 Å². The summed E-state index contributed by atoms with van der Waals surface area (Å²) in [5.74, 6) is 0.0921. The van der Waals surface area contributed by atoms with Gasteiger partial charge in [0.25, 0.3) is 0 Å². The largest absolute Gasteiger partial charge is 0.329 e. The van der Waals surface area contributed by atoms with E-state index in [0.717, 1.165) is 12.0 Å². The molecule has 4 heterocycles. The van der Waals surface area contributed by atoms with Crippen molar-refractivity contribution in [2.45, 2.75) is 46.8 Å². The maximum atomic E-state index is 13.8. The Labute approximate surface area is 167 Å². The Morgan fingerprint density at radius 1 is 1.07 bits per heavy atom. The zero-order chi connectivity index (χ0) is 18.4. The molecule has 0 aromatic heterocycles. The number of fused-ring (bicyclic) bond motifs is 5. The third-order valence-electron chi connectivity index (χ3n) is 6.37. The van der Waals surface area contributed by atoms with Crippen LogP contribution in [0.4, 0.5) is 0 Å². The molecule has 2 aromatic rings. The van der Waals surface area contributed by atoms with Crippen molar-refractivity contribution in [1.82, 2.24) is 4.90 Å². The number of carbonyl (C=O) groups is 1. The van der Waals surface area contributed by atoms with Crippen molar-refractivity contribution in [2.24, 2.45) is 5.92 Å². The monoisotopic (exact) mass is 395 g/mol. The van der Waals surface area contributed by atoms with Crippen molar-refractivity contribution in [3.05, 3.63) is 71.3 Å². The van der Waals surface area contributed by atoms with E-state index in [1.807, 2.05) is 41.7 Å². The van der Waals surface area contributed by atoms with Gasteiger partial charge < -0.3 is 4.74 Å². The van der Waals surface area contributed by atoms with E-state index in [4.69, 9.17) is 4.74 Å². The number of hydrogen-bond donors (Lipinski definition) is 0. The molecule has 5 aliphatic rings. The third-order valence-corrected chi connectivity index (χ3v) is 9.56. The number of thioether (sulfide) groups is 2. The fraction of sp³-hybridized carbons (Fsp3) is 0.409. The molecule has 3 nitrogen and oxygen atoms in total. The van der Waals surface area contributed by atoms with Crippen LogP contribution in [0.1, 0.15) is 42.7 Å². The molecule has 7 rings (SSSR count). The van der Waals surface area contributed by atoms with Crippen LogP contribution in [0.25, 0.3) is 0 Å². The van der Waals surface area contributed by atoms with Gasteiger partial charge in [-0.1, -0.05) is 78.1 Å². The number of hydrogen-bond acceptors (Lipinski definition) is 4. The molecule has 2 aromatic carbocycles. The summed E-state index contributed by atoms with van der Waals surface area (Å²) in [7, 11) is 0. The summed E-state index contributed by atoms with van der Waals surface area (Å²) < 4.78 is 6.00. The van der Waals surface area contributed by atoms with Gasteiger partial charge >= 0.3 is 0 Å². The highest BCUT2D eigenvalue weighted by Crippen LogP contribution is 2.72. The fourth-order valence-electron chi connectivity index (χ4n) is 5.29. The fourth-order valence-corrected chi connectivity index (χ4v) is 9.49. The second-order valence-electron chi connectivity index (χ2n) is 8.37. The van der Waals surface area contributed by atoms with Crippen LogP contribution in [-0.4, -0.2) is 25.2 Å². The van der Waals surface area contributed by atoms with Gasteiger partial charge in [-0.25, -0.2) is 0 Å². The summed E-state index contributed by atoms with van der Waals surface area (Å²) in [6.07, 6.45) is 0.843. The summed E-state index contributed by atoms with van der Waals surface area (Å²) in [4.78, 5) is 15.9. The Morgan fingerprint density at radius 2 is 1.81 bits per heavy atom. The van der Waals surface area contributed by atoms with Gasteiger partial charge in [-0.05, 0) is 37.0 Å². The number of benzene rings is 2. The van der Waals surface area contributed by atoms with Gasteiger partial charge in [0.2, 0.25) is 10.3 Å². The summed E-state index contributed by atoms with van der Waals surface area (Å²) in [5, 5.41) is 0.378. The molecule has 138 valence electrons. The number of nitrogens with zero attached hydrogens (tertiary/aromatic N) is 1. The minimum atomic E-state index is -0.612. The van der Waals surface area contributed by atoms with Crippen molar-refractivity contribution in [2.75, 3.05) is 0 Å². The standard InChI is InChI=1S/C22H21NO2S2/c1-21(2)17-19(13-8-4-3-5-9-13)25-22(27-21)23(20(17)24)18-15-11-7-6-10-14(15)12-16(18)26-22/h3-11,16-19H,12H2,1-2H3/t16?,17-,18?,19-,22-/m1/s1. The molecule has 2 unspecified atom stereocenters. The van der Waals surface area contributed by atoms with Crippen molar-refractivity contribution in [3.8, 4) is 0 Å². The smallest absolute Gasteiger partial charge is 0.244 e. The van der Waals surface area contributed by atoms with Crippen LogP contribution in [0.2, 0.25) is 0 Å². The zero-order valence-electron chi connectivity index (χ0n) is 15.3. The summed E-state index contributed by atoms with van der Waals surface area (Å²) >= 11 is 3.69. The predicted octanol–water partition coefficient (Wildman–Crippen LogP) is 4.75. The van der Waals surface area contributed by atoms with E-state index in [-0.39, 0.29) is 28.7 Å². The van der Waals surface area contributed by atoms with Crippen LogP contribution in [0.3, 0.4) is 0 Å². The van der Waals surface area contributed by atoms with Gasteiger partial charge in [0.1, 0.15) is 6.10 Å². The SMILES string of the molecule is CC1(C)S[C@@]23O[C@H](c4ccccc4)[C@@H]1C(=O)N2C1c2ccccc2CC1S3. The molecule has 1 amide bonds. The minimum Gasteiger partial charge on any atom is -0.329 e. The highest BCUT2D eigenvalue weighted by molar-refractivity contribution is 8.19. The molecule has 0 saturated carbocycles. The van der Waals surface area contributed by atoms with E-state index in [0.29, 0.717) is 5.25 Å². The first-order valence-electron chi connectivity index (χ1n) is 9.52. The van der Waals surface area contributed by atoms with Crippen molar-refractivity contribution >= 4 is 29.4 Å². The molecule has 5 atom stereocenters. The van der Waals surface area contributed by atoms with E-state index in [1.54, 1.807) is 0 Å². The molecule has 1 spiro atoms. The summed E-state index contributed by atoms with van der Waals surface area (Å²) in [5.41, 5.74) is 3.81. The first-order chi connectivity index (χ1) is 13.0. The normalized spacial score (nSPS) is 37.9. The molecular weight excluding hydrogens is 374 g/mol. The quantitative estimate of drug-likeness (QED) is 0.697. The lowest BCUT2D eigenvalue weighted by Crippen LogP contribution is -2.66. The molecule has 4 fully saturated rings. The molecule has 27 heavy (non-hydrogen) atoms. The van der Waals surface area contributed by atoms with Gasteiger partial charge in [-0.2, -0.15) is 0 Å². The van der Waals surface area contributed by atoms with Crippen LogP contribution < -0.4 is 0 Å². The topological polar surface area (TPSA) is 29.5 Å². The third kappa shape index (κ3) is 2.08. The van der Waals surface area contributed by atoms with E-state index < -0.39 is 4.39 Å². The van der Waals surface area contributed by atoms with E-state index >= 15 is 0 Å². The maximum Gasteiger partial charge on any atom is 0.244 e. The predicted molar refractivity (Wildman–Crippen MR) is 109 cm³/mol. The lowest BCUT2D eigenvalue weighted by Gasteiger charge is -2.59. The number of ether oxygens (including phenoxy) is 1. The second kappa shape index (κ2) is 5.34. The Bertz CT molecular complexity index is 946. The van der Waals surface area contributed by atoms with Gasteiger partial charge in [0.05, 0.1) is 12.0 Å². The average Bonchev–Trinajstić information content (AvgIpc) is 3.13. The van der Waals surface area contributed by atoms with Crippen LogP contribution in [0.15, 0.2) is 54.6 Å². The van der Waals surface area contributed by atoms with E-state index in [1.165, 1.54) is 11.1 Å². The minimum absolute atomic E-state index is 0.140. The van der Waals surface area contributed by atoms with Gasteiger partial charge in [0.15, 0.2) is 0 Å². The Kier molecular flexibility index (Phi) is 3.27. The van der Waals surface area contributed by atoms with Gasteiger partial charge in [-0.3, -0.25) is 9.69 Å². The number of carbonyl (C=O) groups excluding carboxylic acids is 1. The zero-order valence-corrected chi connectivity index (χ0v) is 16.9. The van der Waals surface area contributed by atoms with Crippen LogP contribution >= 0.6 is 23.5 Å².